The Balaban J connectivity index is 1.35. The maximum absolute atomic E-state index is 13.1. The number of hydrogen-bond acceptors (Lipinski definition) is 8. The summed E-state index contributed by atoms with van der Waals surface area (Å²) in [6, 6.07) is 10.4. The van der Waals surface area contributed by atoms with Crippen LogP contribution in [0.3, 0.4) is 0 Å². The number of rotatable bonds is 5. The smallest absolute Gasteiger partial charge is 0.231 e. The van der Waals surface area contributed by atoms with Gasteiger partial charge in [-0.3, -0.25) is 4.84 Å². The molecule has 2 atom stereocenters. The Morgan fingerprint density at radius 1 is 0.967 bits per heavy atom. The predicted octanol–water partition coefficient (Wildman–Crippen LogP) is 1.59. The number of benzene rings is 2. The number of nitrogens with zero attached hydrogens (tertiary/aromatic N) is 1. The van der Waals surface area contributed by atoms with Crippen molar-refractivity contribution in [2.24, 2.45) is 0 Å². The van der Waals surface area contributed by atoms with Crippen LogP contribution in [0, 0.1) is 0 Å². The Labute approximate surface area is 174 Å². The summed E-state index contributed by atoms with van der Waals surface area (Å²) in [7, 11) is -1.95. The monoisotopic (exact) mass is 434 g/mol. The zero-order valence-electron chi connectivity index (χ0n) is 16.4. The van der Waals surface area contributed by atoms with Gasteiger partial charge in [0.15, 0.2) is 23.0 Å². The van der Waals surface area contributed by atoms with Crippen molar-refractivity contribution in [2.45, 2.75) is 17.8 Å². The Hall–Kier alpha value is -2.53. The fraction of sp³-hybridized carbons (Fsp3) is 0.400. The molecule has 0 radical (unpaired) electrons. The fourth-order valence-electron chi connectivity index (χ4n) is 3.87. The largest absolute Gasteiger partial charge is 0.486 e. The molecule has 0 saturated carbocycles. The highest BCUT2D eigenvalue weighted by Crippen LogP contribution is 2.39. The van der Waals surface area contributed by atoms with E-state index in [0.29, 0.717) is 36.2 Å². The van der Waals surface area contributed by atoms with E-state index in [-0.39, 0.29) is 19.9 Å². The summed E-state index contributed by atoms with van der Waals surface area (Å²) in [6.07, 6.45) is 0. The molecule has 5 rings (SSSR count). The molecule has 2 aromatic rings. The molecule has 30 heavy (non-hydrogen) atoms. The first-order chi connectivity index (χ1) is 14.5. The van der Waals surface area contributed by atoms with Gasteiger partial charge < -0.3 is 18.9 Å². The van der Waals surface area contributed by atoms with Crippen LogP contribution in [0.25, 0.3) is 0 Å². The van der Waals surface area contributed by atoms with Gasteiger partial charge in [0.05, 0.1) is 12.6 Å². The molecule has 3 aliphatic heterocycles. The van der Waals surface area contributed by atoms with Crippen molar-refractivity contribution in [2.75, 3.05) is 33.7 Å². The molecule has 0 aromatic heterocycles. The molecule has 2 aromatic carbocycles. The summed E-state index contributed by atoms with van der Waals surface area (Å²) in [5.41, 5.74) is 1.57. The summed E-state index contributed by atoms with van der Waals surface area (Å²) in [6.45, 7) is 1.35. The fourth-order valence-corrected chi connectivity index (χ4v) is 5.36. The van der Waals surface area contributed by atoms with Gasteiger partial charge in [-0.05, 0) is 35.4 Å². The Morgan fingerprint density at radius 3 is 2.53 bits per heavy atom. The lowest BCUT2D eigenvalue weighted by molar-refractivity contribution is -0.110. The van der Waals surface area contributed by atoms with Crippen LogP contribution < -0.4 is 23.7 Å². The molecule has 1 fully saturated rings. The maximum Gasteiger partial charge on any atom is 0.231 e. The second-order valence-electron chi connectivity index (χ2n) is 7.28. The normalized spacial score (nSPS) is 23.0. The van der Waals surface area contributed by atoms with Crippen molar-refractivity contribution in [3.8, 4) is 23.0 Å². The Morgan fingerprint density at radius 2 is 1.67 bits per heavy atom. The first kappa shape index (κ1) is 19.4. The number of sulfonamides is 1. The van der Waals surface area contributed by atoms with E-state index in [0.717, 1.165) is 11.1 Å². The summed E-state index contributed by atoms with van der Waals surface area (Å²) in [4.78, 5) is 5.58. The first-order valence-electron chi connectivity index (χ1n) is 9.63. The molecular weight excluding hydrogens is 412 g/mol. The quantitative estimate of drug-likeness (QED) is 0.758. The van der Waals surface area contributed by atoms with Gasteiger partial charge in [-0.2, -0.15) is 5.06 Å². The zero-order valence-corrected chi connectivity index (χ0v) is 17.2. The van der Waals surface area contributed by atoms with Crippen molar-refractivity contribution < 1.29 is 32.2 Å². The van der Waals surface area contributed by atoms with Gasteiger partial charge in [0.2, 0.25) is 16.8 Å². The average Bonchev–Trinajstić information content (AvgIpc) is 3.38. The molecule has 3 aliphatic rings. The van der Waals surface area contributed by atoms with E-state index in [4.69, 9.17) is 23.8 Å². The molecule has 0 aliphatic carbocycles. The van der Waals surface area contributed by atoms with Crippen LogP contribution in [0.4, 0.5) is 0 Å². The minimum absolute atomic E-state index is 0.0616. The summed E-state index contributed by atoms with van der Waals surface area (Å²) >= 11 is 0. The topological polar surface area (TPSA) is 95.6 Å². The Kier molecular flexibility index (Phi) is 4.94. The Bertz CT molecular complexity index is 1060. The third-order valence-corrected chi connectivity index (χ3v) is 7.14. The van der Waals surface area contributed by atoms with E-state index in [9.17, 15) is 8.42 Å². The minimum atomic E-state index is -3.68. The van der Waals surface area contributed by atoms with Crippen LogP contribution in [0.5, 0.6) is 23.0 Å². The molecule has 3 heterocycles. The van der Waals surface area contributed by atoms with Gasteiger partial charge in [-0.25, -0.2) is 13.1 Å². The standard InChI is InChI=1S/C20H22N2O7S/c1-22-20(14-3-5-15-18(9-14)26-7-6-25-15)19(11-29-22)30(23,24)21-10-13-2-4-16-17(8-13)28-12-27-16/h2-5,8-9,19-21H,6-7,10-12H2,1H3. The van der Waals surface area contributed by atoms with Crippen molar-refractivity contribution in [1.29, 1.82) is 0 Å². The van der Waals surface area contributed by atoms with Crippen molar-refractivity contribution in [3.63, 3.8) is 0 Å². The van der Waals surface area contributed by atoms with Gasteiger partial charge in [-0.15, -0.1) is 0 Å². The van der Waals surface area contributed by atoms with Crippen LogP contribution >= 0.6 is 0 Å². The SMILES string of the molecule is CN1OCC(S(=O)(=O)NCc2ccc3c(c2)OCO3)C1c1ccc2c(c1)OCCO2. The van der Waals surface area contributed by atoms with Crippen LogP contribution in [-0.2, 0) is 21.4 Å². The zero-order chi connectivity index (χ0) is 20.7. The average molecular weight is 434 g/mol. The van der Waals surface area contributed by atoms with E-state index in [1.807, 2.05) is 18.2 Å². The third kappa shape index (κ3) is 3.56. The number of ether oxygens (including phenoxy) is 4. The lowest BCUT2D eigenvalue weighted by atomic mass is 10.0. The lowest BCUT2D eigenvalue weighted by Gasteiger charge is -2.25. The number of hydrogen-bond donors (Lipinski definition) is 1. The van der Waals surface area contributed by atoms with Crippen LogP contribution in [-0.4, -0.2) is 52.4 Å². The number of fused-ring (bicyclic) bond motifs is 2. The van der Waals surface area contributed by atoms with Crippen LogP contribution in [0.15, 0.2) is 36.4 Å². The molecular formula is C20H22N2O7S. The molecule has 1 N–H and O–H groups in total. The van der Waals surface area contributed by atoms with E-state index >= 15 is 0 Å². The second-order valence-corrected chi connectivity index (χ2v) is 9.27. The van der Waals surface area contributed by atoms with Gasteiger partial charge in [-0.1, -0.05) is 12.1 Å². The molecule has 160 valence electrons. The highest BCUT2D eigenvalue weighted by atomic mass is 32.2. The summed E-state index contributed by atoms with van der Waals surface area (Å²) in [5.74, 6) is 2.55. The minimum Gasteiger partial charge on any atom is -0.486 e. The predicted molar refractivity (Wildman–Crippen MR) is 106 cm³/mol. The number of hydroxylamine groups is 2. The third-order valence-electron chi connectivity index (χ3n) is 5.41. The van der Waals surface area contributed by atoms with E-state index in [1.54, 1.807) is 30.3 Å². The molecule has 0 spiro atoms. The molecule has 9 nitrogen and oxygen atoms in total. The van der Waals surface area contributed by atoms with Gasteiger partial charge >= 0.3 is 0 Å². The maximum atomic E-state index is 13.1. The number of nitrogens with one attached hydrogen (secondary N) is 1. The van der Waals surface area contributed by atoms with Crippen LogP contribution in [0.2, 0.25) is 0 Å². The van der Waals surface area contributed by atoms with E-state index in [1.165, 1.54) is 0 Å². The van der Waals surface area contributed by atoms with Gasteiger partial charge in [0.1, 0.15) is 18.5 Å². The molecule has 0 bridgehead atoms. The van der Waals surface area contributed by atoms with Crippen LogP contribution in [0.1, 0.15) is 17.2 Å². The van der Waals surface area contributed by atoms with E-state index < -0.39 is 21.3 Å². The van der Waals surface area contributed by atoms with Crippen molar-refractivity contribution in [1.82, 2.24) is 9.79 Å². The highest BCUT2D eigenvalue weighted by Gasteiger charge is 2.43. The highest BCUT2D eigenvalue weighted by molar-refractivity contribution is 7.90. The summed E-state index contributed by atoms with van der Waals surface area (Å²) < 4.78 is 50.8. The molecule has 10 heteroatoms. The molecule has 0 amide bonds. The van der Waals surface area contributed by atoms with Gasteiger partial charge in [0.25, 0.3) is 0 Å². The first-order valence-corrected chi connectivity index (χ1v) is 11.2. The van der Waals surface area contributed by atoms with E-state index in [2.05, 4.69) is 4.72 Å². The summed E-state index contributed by atoms with van der Waals surface area (Å²) in [5, 5.41) is 0.801. The van der Waals surface area contributed by atoms with Gasteiger partial charge in [0, 0.05) is 13.6 Å². The second kappa shape index (κ2) is 7.62. The lowest BCUT2D eigenvalue weighted by Crippen LogP contribution is -2.39. The molecule has 2 unspecified atom stereocenters. The molecule has 1 saturated heterocycles. The van der Waals surface area contributed by atoms with Crippen molar-refractivity contribution >= 4 is 10.0 Å². The van der Waals surface area contributed by atoms with Crippen molar-refractivity contribution in [3.05, 3.63) is 47.5 Å².